The van der Waals surface area contributed by atoms with Gasteiger partial charge in [0.15, 0.2) is 0 Å². The molecule has 0 radical (unpaired) electrons. The lowest BCUT2D eigenvalue weighted by atomic mass is 9.89. The summed E-state index contributed by atoms with van der Waals surface area (Å²) in [6.07, 6.45) is 1.05. The monoisotopic (exact) mass is 421 g/mol. The first kappa shape index (κ1) is 18.9. The van der Waals surface area contributed by atoms with Crippen LogP contribution in [0.4, 0.5) is 0 Å². The van der Waals surface area contributed by atoms with E-state index in [4.69, 9.17) is 9.47 Å². The fraction of sp³-hybridized carbons (Fsp3) is 0.625. The Labute approximate surface area is 145 Å². The Balaban J connectivity index is 2.56. The first-order valence-electron chi connectivity index (χ1n) is 7.20. The van der Waals surface area contributed by atoms with Crippen molar-refractivity contribution in [3.63, 3.8) is 0 Å². The SMILES string of the molecule is CCOc1c(Br)cc(CNCC(C)(C)CCOC)cc1Br. The molecule has 0 saturated heterocycles. The summed E-state index contributed by atoms with van der Waals surface area (Å²) in [6, 6.07) is 4.20. The maximum Gasteiger partial charge on any atom is 0.147 e. The number of halogens is 2. The molecule has 0 aliphatic carbocycles. The van der Waals surface area contributed by atoms with E-state index in [-0.39, 0.29) is 5.41 Å². The van der Waals surface area contributed by atoms with Gasteiger partial charge in [0.25, 0.3) is 0 Å². The van der Waals surface area contributed by atoms with Crippen LogP contribution in [0.5, 0.6) is 5.75 Å². The van der Waals surface area contributed by atoms with Gasteiger partial charge in [-0.15, -0.1) is 0 Å². The Morgan fingerprint density at radius 3 is 2.33 bits per heavy atom. The van der Waals surface area contributed by atoms with Crippen molar-refractivity contribution in [2.75, 3.05) is 26.9 Å². The van der Waals surface area contributed by atoms with Gasteiger partial charge in [0, 0.05) is 26.8 Å². The van der Waals surface area contributed by atoms with Gasteiger partial charge in [-0.3, -0.25) is 0 Å². The molecule has 1 aromatic rings. The number of nitrogens with one attached hydrogen (secondary N) is 1. The van der Waals surface area contributed by atoms with E-state index in [0.29, 0.717) is 6.61 Å². The average molecular weight is 423 g/mol. The lowest BCUT2D eigenvalue weighted by Crippen LogP contribution is -2.30. The number of rotatable bonds is 9. The molecule has 0 fully saturated rings. The number of benzene rings is 1. The Hall–Kier alpha value is -0.100. The van der Waals surface area contributed by atoms with E-state index >= 15 is 0 Å². The highest BCUT2D eigenvalue weighted by molar-refractivity contribution is 9.11. The zero-order chi connectivity index (χ0) is 15.9. The molecule has 21 heavy (non-hydrogen) atoms. The second kappa shape index (κ2) is 9.13. The zero-order valence-corrected chi connectivity index (χ0v) is 16.4. The molecular formula is C16H25Br2NO2. The average Bonchev–Trinajstić information content (AvgIpc) is 2.40. The molecule has 0 bridgehead atoms. The van der Waals surface area contributed by atoms with Crippen LogP contribution in [0.2, 0.25) is 0 Å². The van der Waals surface area contributed by atoms with Crippen LogP contribution >= 0.6 is 31.9 Å². The summed E-state index contributed by atoms with van der Waals surface area (Å²) in [7, 11) is 1.75. The van der Waals surface area contributed by atoms with Gasteiger partial charge in [-0.05, 0) is 68.3 Å². The number of hydrogen-bond acceptors (Lipinski definition) is 3. The lowest BCUT2D eigenvalue weighted by molar-refractivity contribution is 0.150. The third-order valence-corrected chi connectivity index (χ3v) is 4.44. The van der Waals surface area contributed by atoms with Crippen LogP contribution in [-0.4, -0.2) is 26.9 Å². The molecule has 0 aliphatic rings. The van der Waals surface area contributed by atoms with Gasteiger partial charge in [-0.2, -0.15) is 0 Å². The maximum absolute atomic E-state index is 5.60. The molecule has 0 amide bonds. The fourth-order valence-corrected chi connectivity index (χ4v) is 3.52. The maximum atomic E-state index is 5.60. The van der Waals surface area contributed by atoms with Gasteiger partial charge in [-0.1, -0.05) is 13.8 Å². The van der Waals surface area contributed by atoms with Crippen molar-refractivity contribution in [1.29, 1.82) is 0 Å². The summed E-state index contributed by atoms with van der Waals surface area (Å²) in [6.45, 7) is 9.73. The molecule has 0 aliphatic heterocycles. The minimum absolute atomic E-state index is 0.232. The van der Waals surface area contributed by atoms with E-state index in [1.807, 2.05) is 6.92 Å². The third-order valence-electron chi connectivity index (χ3n) is 3.26. The highest BCUT2D eigenvalue weighted by atomic mass is 79.9. The predicted molar refractivity (Wildman–Crippen MR) is 95.0 cm³/mol. The van der Waals surface area contributed by atoms with Crippen molar-refractivity contribution in [1.82, 2.24) is 5.32 Å². The summed E-state index contributed by atoms with van der Waals surface area (Å²) in [5.41, 5.74) is 1.45. The van der Waals surface area contributed by atoms with Crippen molar-refractivity contribution >= 4 is 31.9 Å². The number of methoxy groups -OCH3 is 1. The fourth-order valence-electron chi connectivity index (χ4n) is 2.01. The van der Waals surface area contributed by atoms with E-state index < -0.39 is 0 Å². The quantitative estimate of drug-likeness (QED) is 0.622. The van der Waals surface area contributed by atoms with Crippen LogP contribution < -0.4 is 10.1 Å². The highest BCUT2D eigenvalue weighted by Crippen LogP contribution is 2.34. The topological polar surface area (TPSA) is 30.5 Å². The van der Waals surface area contributed by atoms with E-state index in [1.54, 1.807) is 7.11 Å². The Morgan fingerprint density at radius 1 is 1.19 bits per heavy atom. The summed E-state index contributed by atoms with van der Waals surface area (Å²) >= 11 is 7.13. The van der Waals surface area contributed by atoms with E-state index in [0.717, 1.165) is 40.8 Å². The van der Waals surface area contributed by atoms with Crippen LogP contribution in [0, 0.1) is 5.41 Å². The van der Waals surface area contributed by atoms with Crippen LogP contribution in [0.15, 0.2) is 21.1 Å². The molecule has 1 rings (SSSR count). The van der Waals surface area contributed by atoms with Crippen LogP contribution in [-0.2, 0) is 11.3 Å². The second-order valence-corrected chi connectivity index (χ2v) is 7.54. The van der Waals surface area contributed by atoms with Crippen molar-refractivity contribution < 1.29 is 9.47 Å². The Kier molecular flexibility index (Phi) is 8.24. The largest absolute Gasteiger partial charge is 0.492 e. The Morgan fingerprint density at radius 2 is 1.81 bits per heavy atom. The number of ether oxygens (including phenoxy) is 2. The van der Waals surface area contributed by atoms with E-state index in [2.05, 4.69) is 63.2 Å². The standard InChI is InChI=1S/C16H25Br2NO2/c1-5-21-15-13(17)8-12(9-14(15)18)10-19-11-16(2,3)6-7-20-4/h8-9,19H,5-7,10-11H2,1-4H3. The van der Waals surface area contributed by atoms with Crippen molar-refractivity contribution in [3.8, 4) is 5.75 Å². The molecule has 5 heteroatoms. The molecule has 0 spiro atoms. The smallest absolute Gasteiger partial charge is 0.147 e. The lowest BCUT2D eigenvalue weighted by Gasteiger charge is -2.24. The van der Waals surface area contributed by atoms with Gasteiger partial charge < -0.3 is 14.8 Å². The Bertz CT molecular complexity index is 427. The second-order valence-electron chi connectivity index (χ2n) is 5.83. The first-order chi connectivity index (χ1) is 9.89. The van der Waals surface area contributed by atoms with Crippen molar-refractivity contribution in [2.45, 2.75) is 33.7 Å². The van der Waals surface area contributed by atoms with Crippen molar-refractivity contribution in [2.24, 2.45) is 5.41 Å². The highest BCUT2D eigenvalue weighted by Gasteiger charge is 2.17. The normalized spacial score (nSPS) is 11.7. The number of hydrogen-bond donors (Lipinski definition) is 1. The summed E-state index contributed by atoms with van der Waals surface area (Å²) in [5, 5.41) is 3.52. The van der Waals surface area contributed by atoms with Gasteiger partial charge in [0.1, 0.15) is 5.75 Å². The summed E-state index contributed by atoms with van der Waals surface area (Å²) < 4.78 is 12.7. The van der Waals surface area contributed by atoms with Crippen LogP contribution in [0.3, 0.4) is 0 Å². The molecular weight excluding hydrogens is 398 g/mol. The molecule has 0 aromatic heterocycles. The predicted octanol–water partition coefficient (Wildman–Crippen LogP) is 4.76. The molecule has 3 nitrogen and oxygen atoms in total. The van der Waals surface area contributed by atoms with E-state index in [9.17, 15) is 0 Å². The van der Waals surface area contributed by atoms with Gasteiger partial charge in [-0.25, -0.2) is 0 Å². The van der Waals surface area contributed by atoms with Crippen LogP contribution in [0.25, 0.3) is 0 Å². The summed E-state index contributed by atoms with van der Waals surface area (Å²) in [5.74, 6) is 0.863. The van der Waals surface area contributed by atoms with E-state index in [1.165, 1.54) is 5.56 Å². The minimum Gasteiger partial charge on any atom is -0.492 e. The summed E-state index contributed by atoms with van der Waals surface area (Å²) in [4.78, 5) is 0. The van der Waals surface area contributed by atoms with Gasteiger partial charge >= 0.3 is 0 Å². The molecule has 0 heterocycles. The first-order valence-corrected chi connectivity index (χ1v) is 8.78. The third kappa shape index (κ3) is 6.68. The molecule has 0 unspecified atom stereocenters. The van der Waals surface area contributed by atoms with Crippen LogP contribution in [0.1, 0.15) is 32.8 Å². The minimum atomic E-state index is 0.232. The van der Waals surface area contributed by atoms with Crippen molar-refractivity contribution in [3.05, 3.63) is 26.6 Å². The molecule has 1 aromatic carbocycles. The molecule has 120 valence electrons. The molecule has 0 atom stereocenters. The molecule has 0 saturated carbocycles. The van der Waals surface area contributed by atoms with Gasteiger partial charge in [0.2, 0.25) is 0 Å². The molecule has 1 N–H and O–H groups in total. The zero-order valence-electron chi connectivity index (χ0n) is 13.3. The van der Waals surface area contributed by atoms with Gasteiger partial charge in [0.05, 0.1) is 15.6 Å².